The van der Waals surface area contributed by atoms with E-state index in [9.17, 15) is 0 Å². The molecule has 37 heavy (non-hydrogen) atoms. The maximum absolute atomic E-state index is 15.0. The minimum Gasteiger partial charge on any atom is -0.459 e. The lowest BCUT2D eigenvalue weighted by molar-refractivity contribution is -0.392. The normalized spacial score (nSPS) is 25.6. The second-order valence-corrected chi connectivity index (χ2v) is 14.9. The van der Waals surface area contributed by atoms with E-state index >= 15 is 4.79 Å². The molecule has 1 aliphatic heterocycles. The van der Waals surface area contributed by atoms with Crippen molar-refractivity contribution in [3.8, 4) is 0 Å². The largest absolute Gasteiger partial charge is 0.459 e. The Hall–Kier alpha value is -2.39. The van der Waals surface area contributed by atoms with Crippen molar-refractivity contribution in [1.29, 1.82) is 0 Å². The molecule has 0 amide bonds. The molecule has 0 bridgehead atoms. The summed E-state index contributed by atoms with van der Waals surface area (Å²) in [6.07, 6.45) is 0. The predicted molar refractivity (Wildman–Crippen MR) is 151 cm³/mol. The van der Waals surface area contributed by atoms with Gasteiger partial charge in [0.1, 0.15) is 16.8 Å². The summed E-state index contributed by atoms with van der Waals surface area (Å²) >= 11 is 0. The van der Waals surface area contributed by atoms with Gasteiger partial charge in [-0.2, -0.15) is 0 Å². The van der Waals surface area contributed by atoms with Crippen molar-refractivity contribution < 1.29 is 14.3 Å². The summed E-state index contributed by atoms with van der Waals surface area (Å²) in [6.45, 7) is 25.9. The summed E-state index contributed by atoms with van der Waals surface area (Å²) < 4.78 is 13.9. The second-order valence-electron chi connectivity index (χ2n) is 14.9. The van der Waals surface area contributed by atoms with Crippen molar-refractivity contribution in [2.75, 3.05) is 0 Å². The van der Waals surface area contributed by atoms with Crippen LogP contribution in [0.4, 0.5) is 0 Å². The Morgan fingerprint density at radius 1 is 0.649 bits per heavy atom. The predicted octanol–water partition coefficient (Wildman–Crippen LogP) is 8.48. The fraction of sp³-hybridized carbons (Fsp3) is 0.559. The van der Waals surface area contributed by atoms with Crippen molar-refractivity contribution >= 4 is 5.97 Å². The van der Waals surface area contributed by atoms with Gasteiger partial charge in [-0.3, -0.25) is 4.79 Å². The Kier molecular flexibility index (Phi) is 6.02. The molecule has 200 valence electrons. The third-order valence-electron chi connectivity index (χ3n) is 7.96. The van der Waals surface area contributed by atoms with Crippen LogP contribution in [0.15, 0.2) is 71.8 Å². The van der Waals surface area contributed by atoms with E-state index in [2.05, 4.69) is 86.6 Å². The zero-order chi connectivity index (χ0) is 27.9. The minimum atomic E-state index is -1.05. The molecule has 0 saturated carbocycles. The first-order valence-electron chi connectivity index (χ1n) is 13.6. The molecule has 2 aromatic rings. The molecule has 0 unspecified atom stereocenters. The minimum absolute atomic E-state index is 0.202. The van der Waals surface area contributed by atoms with Crippen LogP contribution in [-0.2, 0) is 19.9 Å². The van der Waals surface area contributed by atoms with Gasteiger partial charge in [0, 0.05) is 0 Å². The highest BCUT2D eigenvalue weighted by molar-refractivity contribution is 5.94. The third kappa shape index (κ3) is 3.52. The van der Waals surface area contributed by atoms with Gasteiger partial charge in [0.05, 0.1) is 0 Å². The summed E-state index contributed by atoms with van der Waals surface area (Å²) in [4.78, 5) is 15.0. The first kappa shape index (κ1) is 27.6. The first-order valence-corrected chi connectivity index (χ1v) is 13.6. The average molecular weight is 503 g/mol. The van der Waals surface area contributed by atoms with Gasteiger partial charge in [-0.15, -0.1) is 0 Å². The topological polar surface area (TPSA) is 35.5 Å². The maximum Gasteiger partial charge on any atom is 0.323 e. The van der Waals surface area contributed by atoms with Crippen molar-refractivity contribution in [2.45, 2.75) is 99.9 Å². The number of fused-ring (bicyclic) bond motifs is 1. The number of rotatable bonds is 3. The van der Waals surface area contributed by atoms with Gasteiger partial charge in [-0.25, -0.2) is 0 Å². The van der Waals surface area contributed by atoms with Gasteiger partial charge in [0.25, 0.3) is 0 Å². The zero-order valence-electron chi connectivity index (χ0n) is 25.0. The van der Waals surface area contributed by atoms with E-state index in [0.717, 1.165) is 16.7 Å². The average Bonchev–Trinajstić information content (AvgIpc) is 2.71. The van der Waals surface area contributed by atoms with Crippen LogP contribution in [-0.4, -0.2) is 17.2 Å². The fourth-order valence-electron chi connectivity index (χ4n) is 7.21. The molecular weight excluding hydrogens is 456 g/mol. The molecule has 1 saturated heterocycles. The Morgan fingerprint density at radius 3 is 1.38 bits per heavy atom. The summed E-state index contributed by atoms with van der Waals surface area (Å²) in [5, 5.41) is 0. The van der Waals surface area contributed by atoms with Crippen LogP contribution < -0.4 is 0 Å². The monoisotopic (exact) mass is 502 g/mol. The third-order valence-corrected chi connectivity index (χ3v) is 7.96. The quantitative estimate of drug-likeness (QED) is 0.312. The van der Waals surface area contributed by atoms with Gasteiger partial charge in [-0.05, 0) is 59.3 Å². The molecule has 1 heterocycles. The highest BCUT2D eigenvalue weighted by Crippen LogP contribution is 2.85. The molecule has 0 radical (unpaired) electrons. The van der Waals surface area contributed by atoms with Crippen molar-refractivity contribution in [3.63, 3.8) is 0 Å². The Bertz CT molecular complexity index is 1170. The Balaban J connectivity index is 2.26. The number of ether oxygens (including phenoxy) is 2. The summed E-state index contributed by atoms with van der Waals surface area (Å²) in [5.41, 5.74) is -0.119. The number of carbonyl (C=O) groups excluding carboxylic acids is 1. The number of hydrogen-bond acceptors (Lipinski definition) is 3. The van der Waals surface area contributed by atoms with E-state index in [0.29, 0.717) is 0 Å². The van der Waals surface area contributed by atoms with Crippen LogP contribution in [0.1, 0.15) is 94.2 Å². The second kappa shape index (κ2) is 8.06. The van der Waals surface area contributed by atoms with Gasteiger partial charge in [-0.1, -0.05) is 123 Å². The highest BCUT2D eigenvalue weighted by Gasteiger charge is 2.92. The molecule has 3 nitrogen and oxygen atoms in total. The number of benzene rings is 2. The molecule has 2 aromatic carbocycles. The van der Waals surface area contributed by atoms with Crippen LogP contribution in [0.5, 0.6) is 0 Å². The van der Waals surface area contributed by atoms with E-state index in [1.807, 2.05) is 57.2 Å². The highest BCUT2D eigenvalue weighted by atomic mass is 16.6. The van der Waals surface area contributed by atoms with Crippen LogP contribution >= 0.6 is 0 Å². The van der Waals surface area contributed by atoms with Gasteiger partial charge >= 0.3 is 5.97 Å². The van der Waals surface area contributed by atoms with Crippen molar-refractivity contribution in [2.24, 2.45) is 21.7 Å². The van der Waals surface area contributed by atoms with E-state index in [-0.39, 0.29) is 22.2 Å². The van der Waals surface area contributed by atoms with E-state index in [4.69, 9.17) is 9.47 Å². The summed E-state index contributed by atoms with van der Waals surface area (Å²) in [6, 6.07) is 20.6. The van der Waals surface area contributed by atoms with Gasteiger partial charge < -0.3 is 9.47 Å². The molecule has 1 aliphatic carbocycles. The van der Waals surface area contributed by atoms with Crippen molar-refractivity contribution in [3.05, 3.63) is 82.9 Å². The first-order chi connectivity index (χ1) is 16.8. The van der Waals surface area contributed by atoms with Crippen LogP contribution in [0.25, 0.3) is 0 Å². The molecule has 0 N–H and O–H groups in total. The standard InChI is InChI=1S/C34H46O3/c1-28(2,3)25-26(29(4,5)6)34(30(7,8)9)32(25,27(35)36-31(10,11)12)33(37-34,23-19-15-13-16-20-23)24-21-17-14-18-22-24/h13-22H,1-12H3/t32-,34-/m0/s1. The lowest BCUT2D eigenvalue weighted by Gasteiger charge is -2.82. The lowest BCUT2D eigenvalue weighted by Crippen LogP contribution is -2.89. The number of carbonyl (C=O) groups is 1. The SMILES string of the molecule is CC(C)(C)OC(=O)[C@]12C(C(C)(C)C)=C(C(C)(C)C)[C@@]1(C(C)(C)C)OC2(c1ccccc1)c1ccccc1. The van der Waals surface area contributed by atoms with Crippen LogP contribution in [0, 0.1) is 21.7 Å². The molecule has 4 rings (SSSR count). The smallest absolute Gasteiger partial charge is 0.323 e. The fourth-order valence-corrected chi connectivity index (χ4v) is 7.21. The summed E-state index contributed by atoms with van der Waals surface area (Å²) in [5.74, 6) is -0.202. The van der Waals surface area contributed by atoms with E-state index in [1.165, 1.54) is 5.57 Å². The Labute approximate surface area is 224 Å². The van der Waals surface area contributed by atoms with Gasteiger partial charge in [0.2, 0.25) is 0 Å². The number of esters is 1. The summed E-state index contributed by atoms with van der Waals surface area (Å²) in [7, 11) is 0. The van der Waals surface area contributed by atoms with Crippen LogP contribution in [0.2, 0.25) is 0 Å². The van der Waals surface area contributed by atoms with Crippen molar-refractivity contribution in [1.82, 2.24) is 0 Å². The molecular formula is C34H46O3. The zero-order valence-corrected chi connectivity index (χ0v) is 25.0. The lowest BCUT2D eigenvalue weighted by atomic mass is 9.30. The van der Waals surface area contributed by atoms with E-state index in [1.54, 1.807) is 0 Å². The molecule has 1 fully saturated rings. The van der Waals surface area contributed by atoms with Gasteiger partial charge in [0.15, 0.2) is 5.41 Å². The van der Waals surface area contributed by atoms with Crippen LogP contribution in [0.3, 0.4) is 0 Å². The Morgan fingerprint density at radius 2 is 1.05 bits per heavy atom. The maximum atomic E-state index is 15.0. The molecule has 0 spiro atoms. The van der Waals surface area contributed by atoms with E-state index < -0.39 is 22.2 Å². The molecule has 0 aromatic heterocycles. The molecule has 2 aliphatic rings. The molecule has 3 heteroatoms. The number of hydrogen-bond donors (Lipinski definition) is 0. The molecule has 2 atom stereocenters.